The molecule has 4 nitrogen and oxygen atoms in total. The first-order valence-corrected chi connectivity index (χ1v) is 8.17. The fourth-order valence-corrected chi connectivity index (χ4v) is 3.41. The highest BCUT2D eigenvalue weighted by molar-refractivity contribution is 5.85. The Morgan fingerprint density at radius 1 is 1.17 bits per heavy atom. The SMILES string of the molecule is O=C(N1CCCC1)C1(F)CCN(Cc2cccc(F)c2O)CC1. The summed E-state index contributed by atoms with van der Waals surface area (Å²) in [6.07, 6.45) is 2.20. The van der Waals surface area contributed by atoms with Crippen molar-refractivity contribution in [1.82, 2.24) is 9.80 Å². The molecule has 0 aliphatic carbocycles. The highest BCUT2D eigenvalue weighted by atomic mass is 19.1. The van der Waals surface area contributed by atoms with Crippen molar-refractivity contribution < 1.29 is 18.7 Å². The van der Waals surface area contributed by atoms with E-state index in [-0.39, 0.29) is 24.5 Å². The largest absolute Gasteiger partial charge is 0.505 e. The molecule has 0 radical (unpaired) electrons. The average molecular weight is 324 g/mol. The molecule has 0 bridgehead atoms. The molecule has 2 saturated heterocycles. The second-order valence-electron chi connectivity index (χ2n) is 6.49. The van der Waals surface area contributed by atoms with Crippen molar-refractivity contribution in [1.29, 1.82) is 0 Å². The quantitative estimate of drug-likeness (QED) is 0.929. The number of phenols is 1. The van der Waals surface area contributed by atoms with E-state index in [9.17, 15) is 18.7 Å². The molecule has 3 rings (SSSR count). The van der Waals surface area contributed by atoms with Crippen molar-refractivity contribution in [3.8, 4) is 5.75 Å². The van der Waals surface area contributed by atoms with Gasteiger partial charge in [-0.2, -0.15) is 0 Å². The van der Waals surface area contributed by atoms with Gasteiger partial charge in [-0.05, 0) is 18.9 Å². The molecule has 1 amide bonds. The summed E-state index contributed by atoms with van der Waals surface area (Å²) in [5.74, 6) is -1.37. The maximum absolute atomic E-state index is 14.9. The van der Waals surface area contributed by atoms with Gasteiger partial charge in [-0.3, -0.25) is 9.69 Å². The number of para-hydroxylation sites is 1. The van der Waals surface area contributed by atoms with Crippen LogP contribution in [-0.2, 0) is 11.3 Å². The Balaban J connectivity index is 1.59. The number of aromatic hydroxyl groups is 1. The van der Waals surface area contributed by atoms with Gasteiger partial charge in [0.1, 0.15) is 0 Å². The van der Waals surface area contributed by atoms with Gasteiger partial charge in [0.25, 0.3) is 5.91 Å². The van der Waals surface area contributed by atoms with E-state index in [1.807, 2.05) is 4.90 Å². The van der Waals surface area contributed by atoms with Crippen LogP contribution < -0.4 is 0 Å². The zero-order valence-electron chi connectivity index (χ0n) is 13.1. The molecule has 2 aliphatic heterocycles. The summed E-state index contributed by atoms with van der Waals surface area (Å²) in [4.78, 5) is 15.9. The van der Waals surface area contributed by atoms with E-state index in [4.69, 9.17) is 0 Å². The van der Waals surface area contributed by atoms with Crippen LogP contribution in [0, 0.1) is 5.82 Å². The predicted octanol–water partition coefficient (Wildman–Crippen LogP) is 2.46. The fraction of sp³-hybridized carbons (Fsp3) is 0.588. The summed E-state index contributed by atoms with van der Waals surface area (Å²) in [6.45, 7) is 2.52. The first kappa shape index (κ1) is 16.2. The van der Waals surface area contributed by atoms with E-state index in [0.29, 0.717) is 38.3 Å². The molecule has 2 aliphatic rings. The van der Waals surface area contributed by atoms with Crippen LogP contribution >= 0.6 is 0 Å². The molecule has 1 N–H and O–H groups in total. The molecule has 0 atom stereocenters. The summed E-state index contributed by atoms with van der Waals surface area (Å²) in [5.41, 5.74) is -1.28. The standard InChI is InChI=1S/C17H22F2N2O2/c18-14-5-3-4-13(15(14)22)12-20-10-6-17(19,7-11-20)16(23)21-8-1-2-9-21/h3-5,22H,1-2,6-12H2. The molecule has 1 aromatic rings. The smallest absolute Gasteiger partial charge is 0.260 e. The van der Waals surface area contributed by atoms with Crippen molar-refractivity contribution in [2.75, 3.05) is 26.2 Å². The van der Waals surface area contributed by atoms with Crippen molar-refractivity contribution in [3.63, 3.8) is 0 Å². The monoisotopic (exact) mass is 324 g/mol. The maximum Gasteiger partial charge on any atom is 0.260 e. The van der Waals surface area contributed by atoms with Crippen LogP contribution in [0.4, 0.5) is 8.78 Å². The van der Waals surface area contributed by atoms with Crippen LogP contribution in [0.15, 0.2) is 18.2 Å². The molecule has 23 heavy (non-hydrogen) atoms. The minimum atomic E-state index is -1.77. The van der Waals surface area contributed by atoms with Gasteiger partial charge in [0.15, 0.2) is 17.2 Å². The zero-order chi connectivity index (χ0) is 16.4. The summed E-state index contributed by atoms with van der Waals surface area (Å²) >= 11 is 0. The number of alkyl halides is 1. The first-order chi connectivity index (χ1) is 11.0. The number of carbonyl (C=O) groups excluding carboxylic acids is 1. The van der Waals surface area contributed by atoms with Crippen molar-refractivity contribution in [2.45, 2.75) is 37.9 Å². The molecule has 0 unspecified atom stereocenters. The number of benzene rings is 1. The van der Waals surface area contributed by atoms with E-state index < -0.39 is 11.5 Å². The van der Waals surface area contributed by atoms with Gasteiger partial charge in [-0.15, -0.1) is 0 Å². The van der Waals surface area contributed by atoms with Crippen LogP contribution in [0.3, 0.4) is 0 Å². The van der Waals surface area contributed by atoms with Crippen LogP contribution in [-0.4, -0.2) is 52.7 Å². The fourth-order valence-electron chi connectivity index (χ4n) is 3.41. The van der Waals surface area contributed by atoms with Gasteiger partial charge >= 0.3 is 0 Å². The number of rotatable bonds is 3. The molecule has 2 fully saturated rings. The van der Waals surface area contributed by atoms with E-state index in [1.54, 1.807) is 17.0 Å². The number of likely N-dealkylation sites (tertiary alicyclic amines) is 2. The highest BCUT2D eigenvalue weighted by Crippen LogP contribution is 2.32. The molecule has 2 heterocycles. The Morgan fingerprint density at radius 2 is 1.83 bits per heavy atom. The molecular weight excluding hydrogens is 302 g/mol. The van der Waals surface area contributed by atoms with Crippen LogP contribution in [0.5, 0.6) is 5.75 Å². The zero-order valence-corrected chi connectivity index (χ0v) is 13.1. The first-order valence-electron chi connectivity index (χ1n) is 8.17. The number of halogens is 2. The van der Waals surface area contributed by atoms with E-state index in [0.717, 1.165) is 12.8 Å². The van der Waals surface area contributed by atoms with E-state index in [2.05, 4.69) is 0 Å². The van der Waals surface area contributed by atoms with Gasteiger partial charge < -0.3 is 10.0 Å². The number of amides is 1. The summed E-state index contributed by atoms with van der Waals surface area (Å²) < 4.78 is 28.3. The molecule has 6 heteroatoms. The molecule has 0 spiro atoms. The third-order valence-electron chi connectivity index (χ3n) is 4.89. The van der Waals surface area contributed by atoms with Crippen LogP contribution in [0.1, 0.15) is 31.2 Å². The lowest BCUT2D eigenvalue weighted by atomic mass is 9.91. The Bertz CT molecular complexity index is 580. The average Bonchev–Trinajstić information content (AvgIpc) is 3.07. The molecular formula is C17H22F2N2O2. The number of piperidine rings is 1. The lowest BCUT2D eigenvalue weighted by Gasteiger charge is -2.37. The minimum Gasteiger partial charge on any atom is -0.505 e. The predicted molar refractivity (Wildman–Crippen MR) is 82.2 cm³/mol. The van der Waals surface area contributed by atoms with Crippen molar-refractivity contribution in [3.05, 3.63) is 29.6 Å². The Labute approximate surface area is 134 Å². The van der Waals surface area contributed by atoms with Gasteiger partial charge in [0, 0.05) is 51.1 Å². The third kappa shape index (κ3) is 3.32. The highest BCUT2D eigenvalue weighted by Gasteiger charge is 2.44. The Hall–Kier alpha value is -1.69. The van der Waals surface area contributed by atoms with Crippen LogP contribution in [0.2, 0.25) is 0 Å². The summed E-state index contributed by atoms with van der Waals surface area (Å²) in [7, 11) is 0. The summed E-state index contributed by atoms with van der Waals surface area (Å²) in [5, 5.41) is 9.73. The number of hydrogen-bond donors (Lipinski definition) is 1. The minimum absolute atomic E-state index is 0.151. The number of phenolic OH excluding ortho intramolecular Hbond substituents is 1. The van der Waals surface area contributed by atoms with Gasteiger partial charge in [0.05, 0.1) is 0 Å². The maximum atomic E-state index is 14.9. The number of nitrogens with zero attached hydrogens (tertiary/aromatic N) is 2. The van der Waals surface area contributed by atoms with Gasteiger partial charge in [0.2, 0.25) is 0 Å². The van der Waals surface area contributed by atoms with E-state index >= 15 is 0 Å². The van der Waals surface area contributed by atoms with Gasteiger partial charge in [-0.1, -0.05) is 12.1 Å². The Kier molecular flexibility index (Phi) is 4.53. The molecule has 0 saturated carbocycles. The topological polar surface area (TPSA) is 43.8 Å². The van der Waals surface area contributed by atoms with Crippen molar-refractivity contribution >= 4 is 5.91 Å². The summed E-state index contributed by atoms with van der Waals surface area (Å²) in [6, 6.07) is 4.41. The van der Waals surface area contributed by atoms with Crippen molar-refractivity contribution in [2.24, 2.45) is 0 Å². The van der Waals surface area contributed by atoms with Crippen LogP contribution in [0.25, 0.3) is 0 Å². The lowest BCUT2D eigenvalue weighted by molar-refractivity contribution is -0.146. The normalized spacial score (nSPS) is 21.6. The van der Waals surface area contributed by atoms with Gasteiger partial charge in [-0.25, -0.2) is 8.78 Å². The molecule has 126 valence electrons. The second kappa shape index (κ2) is 6.43. The second-order valence-corrected chi connectivity index (χ2v) is 6.49. The number of hydrogen-bond acceptors (Lipinski definition) is 3. The third-order valence-corrected chi connectivity index (χ3v) is 4.89. The number of carbonyl (C=O) groups is 1. The lowest BCUT2D eigenvalue weighted by Crippen LogP contribution is -2.51. The van der Waals surface area contributed by atoms with E-state index in [1.165, 1.54) is 6.07 Å². The molecule has 1 aromatic carbocycles. The molecule has 0 aromatic heterocycles. The Morgan fingerprint density at radius 3 is 2.48 bits per heavy atom.